The number of nitrogens with zero attached hydrogens (tertiary/aromatic N) is 2. The molecule has 5 heteroatoms. The third-order valence-corrected chi connectivity index (χ3v) is 1.81. The molecular formula is C7H17N3O2. The molecule has 0 heterocycles. The van der Waals surface area contributed by atoms with E-state index in [4.69, 9.17) is 0 Å². The van der Waals surface area contributed by atoms with E-state index in [9.17, 15) is 10.1 Å². The quantitative estimate of drug-likeness (QED) is 0.363. The first kappa shape index (κ1) is 11.2. The summed E-state index contributed by atoms with van der Waals surface area (Å²) in [5.41, 5.74) is 2.14. The average molecular weight is 175 g/mol. The molecule has 0 atom stereocenters. The Hall–Kier alpha value is -0.840. The van der Waals surface area contributed by atoms with Gasteiger partial charge in [-0.25, -0.2) is 10.1 Å². The minimum atomic E-state index is -0.505. The fourth-order valence-electron chi connectivity index (χ4n) is 0.757. The molecule has 5 nitrogen and oxygen atoms in total. The van der Waals surface area contributed by atoms with Gasteiger partial charge < -0.3 is 4.90 Å². The van der Waals surface area contributed by atoms with Crippen molar-refractivity contribution in [3.63, 3.8) is 0 Å². The summed E-state index contributed by atoms with van der Waals surface area (Å²) < 4.78 is 0. The van der Waals surface area contributed by atoms with Crippen LogP contribution in [0.1, 0.15) is 20.3 Å². The highest BCUT2D eigenvalue weighted by atomic mass is 16.7. The zero-order chi connectivity index (χ0) is 9.56. The van der Waals surface area contributed by atoms with Gasteiger partial charge in [0.2, 0.25) is 0 Å². The lowest BCUT2D eigenvalue weighted by atomic mass is 10.3. The predicted octanol–water partition coefficient (Wildman–Crippen LogP) is 0.498. The van der Waals surface area contributed by atoms with Gasteiger partial charge in [0, 0.05) is 6.04 Å². The van der Waals surface area contributed by atoms with Crippen molar-refractivity contribution in [2.75, 3.05) is 20.1 Å². The third kappa shape index (κ3) is 5.91. The summed E-state index contributed by atoms with van der Waals surface area (Å²) in [7, 11) is 2.01. The molecule has 0 aromatic carbocycles. The van der Waals surface area contributed by atoms with E-state index in [1.807, 2.05) is 7.05 Å². The summed E-state index contributed by atoms with van der Waals surface area (Å²) in [6.07, 6.45) is 0.801. The van der Waals surface area contributed by atoms with Gasteiger partial charge in [-0.2, -0.15) is 0 Å². The summed E-state index contributed by atoms with van der Waals surface area (Å²) >= 11 is 0. The number of hydrogen-bond donors (Lipinski definition) is 1. The Morgan fingerprint density at radius 3 is 2.58 bits per heavy atom. The van der Waals surface area contributed by atoms with Crippen LogP contribution in [0.2, 0.25) is 0 Å². The Kier molecular flexibility index (Phi) is 5.36. The van der Waals surface area contributed by atoms with Crippen molar-refractivity contribution in [3.05, 3.63) is 10.1 Å². The van der Waals surface area contributed by atoms with Crippen LogP contribution in [0.5, 0.6) is 0 Å². The molecule has 0 bridgehead atoms. The largest absolute Gasteiger partial charge is 0.304 e. The van der Waals surface area contributed by atoms with Crippen LogP contribution in [-0.2, 0) is 0 Å². The van der Waals surface area contributed by atoms with Crippen LogP contribution < -0.4 is 5.43 Å². The maximum atomic E-state index is 9.86. The van der Waals surface area contributed by atoms with Crippen molar-refractivity contribution in [1.29, 1.82) is 0 Å². The van der Waals surface area contributed by atoms with E-state index >= 15 is 0 Å². The minimum Gasteiger partial charge on any atom is -0.304 e. The maximum Gasteiger partial charge on any atom is 0.157 e. The second-order valence-electron chi connectivity index (χ2n) is 3.09. The van der Waals surface area contributed by atoms with Crippen LogP contribution in [0.25, 0.3) is 0 Å². The number of nitro groups is 1. The molecule has 0 aliphatic rings. The van der Waals surface area contributed by atoms with Crippen LogP contribution in [-0.4, -0.2) is 36.1 Å². The van der Waals surface area contributed by atoms with Gasteiger partial charge in [0.1, 0.15) is 0 Å². The number of rotatable bonds is 6. The molecule has 0 saturated heterocycles. The van der Waals surface area contributed by atoms with E-state index < -0.39 is 5.03 Å². The molecule has 0 spiro atoms. The lowest BCUT2D eigenvalue weighted by Gasteiger charge is -2.20. The first-order chi connectivity index (χ1) is 5.54. The molecule has 0 aromatic heterocycles. The van der Waals surface area contributed by atoms with Gasteiger partial charge in [0.15, 0.2) is 5.03 Å². The highest BCUT2D eigenvalue weighted by molar-refractivity contribution is 4.56. The summed E-state index contributed by atoms with van der Waals surface area (Å²) in [6.45, 7) is 5.52. The van der Waals surface area contributed by atoms with Gasteiger partial charge in [-0.05, 0) is 33.9 Å². The second-order valence-corrected chi connectivity index (χ2v) is 3.09. The van der Waals surface area contributed by atoms with Gasteiger partial charge in [0.25, 0.3) is 0 Å². The maximum absolute atomic E-state index is 9.86. The lowest BCUT2D eigenvalue weighted by molar-refractivity contribution is -0.544. The molecule has 0 amide bonds. The summed E-state index contributed by atoms with van der Waals surface area (Å²) in [5.74, 6) is 0. The monoisotopic (exact) mass is 175 g/mol. The van der Waals surface area contributed by atoms with Crippen LogP contribution >= 0.6 is 0 Å². The topological polar surface area (TPSA) is 58.4 Å². The molecule has 72 valence electrons. The molecule has 0 saturated carbocycles. The smallest absolute Gasteiger partial charge is 0.157 e. The second kappa shape index (κ2) is 5.77. The van der Waals surface area contributed by atoms with Gasteiger partial charge >= 0.3 is 0 Å². The third-order valence-electron chi connectivity index (χ3n) is 1.81. The van der Waals surface area contributed by atoms with Crippen molar-refractivity contribution >= 4 is 0 Å². The van der Waals surface area contributed by atoms with Crippen molar-refractivity contribution in [2.45, 2.75) is 26.3 Å². The van der Waals surface area contributed by atoms with E-state index in [1.165, 1.54) is 0 Å². The lowest BCUT2D eigenvalue weighted by Crippen LogP contribution is -2.30. The normalized spacial score (nSPS) is 10.8. The van der Waals surface area contributed by atoms with Crippen LogP contribution in [0.15, 0.2) is 0 Å². The SMILES string of the molecule is CC(C)N(C)CCCN[N+](=O)[O-]. The highest BCUT2D eigenvalue weighted by Crippen LogP contribution is 1.93. The molecule has 0 aromatic rings. The molecular weight excluding hydrogens is 158 g/mol. The standard InChI is InChI=1S/C7H17N3O2/c1-7(2)9(3)6-4-5-8-10(11)12/h7-8H,4-6H2,1-3H3. The zero-order valence-corrected chi connectivity index (χ0v) is 7.91. The highest BCUT2D eigenvalue weighted by Gasteiger charge is 2.02. The van der Waals surface area contributed by atoms with Crippen LogP contribution in [0, 0.1) is 10.1 Å². The van der Waals surface area contributed by atoms with E-state index in [0.717, 1.165) is 13.0 Å². The van der Waals surface area contributed by atoms with Crippen LogP contribution in [0.3, 0.4) is 0 Å². The van der Waals surface area contributed by atoms with Crippen LogP contribution in [0.4, 0.5) is 0 Å². The molecule has 0 fully saturated rings. The van der Waals surface area contributed by atoms with E-state index in [2.05, 4.69) is 24.2 Å². The van der Waals surface area contributed by atoms with Crippen molar-refractivity contribution in [2.24, 2.45) is 0 Å². The van der Waals surface area contributed by atoms with Gasteiger partial charge in [0.05, 0.1) is 6.54 Å². The van der Waals surface area contributed by atoms with Crippen molar-refractivity contribution < 1.29 is 5.03 Å². The summed E-state index contributed by atoms with van der Waals surface area (Å²) in [5, 5.41) is 9.35. The summed E-state index contributed by atoms with van der Waals surface area (Å²) in [6, 6.07) is 0.501. The first-order valence-corrected chi connectivity index (χ1v) is 4.12. The molecule has 0 aliphatic carbocycles. The number of hydrazine groups is 1. The van der Waals surface area contributed by atoms with E-state index in [1.54, 1.807) is 0 Å². The molecule has 0 unspecified atom stereocenters. The number of hydrogen-bond acceptors (Lipinski definition) is 3. The fourth-order valence-corrected chi connectivity index (χ4v) is 0.757. The Labute approximate surface area is 72.9 Å². The summed E-state index contributed by atoms with van der Waals surface area (Å²) in [4.78, 5) is 12.0. The van der Waals surface area contributed by atoms with E-state index in [0.29, 0.717) is 12.6 Å². The van der Waals surface area contributed by atoms with Crippen molar-refractivity contribution in [1.82, 2.24) is 10.3 Å². The molecule has 0 rings (SSSR count). The minimum absolute atomic E-state index is 0.435. The molecule has 0 radical (unpaired) electrons. The Morgan fingerprint density at radius 1 is 1.58 bits per heavy atom. The molecule has 1 N–H and O–H groups in total. The van der Waals surface area contributed by atoms with Gasteiger partial charge in [-0.1, -0.05) is 0 Å². The van der Waals surface area contributed by atoms with Gasteiger partial charge in [-0.3, -0.25) is 0 Å². The van der Waals surface area contributed by atoms with E-state index in [-0.39, 0.29) is 0 Å². The Bertz CT molecular complexity index is 139. The fraction of sp³-hybridized carbons (Fsp3) is 1.00. The Balaban J connectivity index is 3.25. The first-order valence-electron chi connectivity index (χ1n) is 4.12. The number of nitrogens with one attached hydrogen (secondary N) is 1. The zero-order valence-electron chi connectivity index (χ0n) is 7.91. The van der Waals surface area contributed by atoms with Crippen molar-refractivity contribution in [3.8, 4) is 0 Å². The molecule has 0 aliphatic heterocycles. The average Bonchev–Trinajstić information content (AvgIpc) is 1.97. The Morgan fingerprint density at radius 2 is 2.17 bits per heavy atom. The molecule has 12 heavy (non-hydrogen) atoms. The van der Waals surface area contributed by atoms with Gasteiger partial charge in [-0.15, -0.1) is 5.43 Å². The predicted molar refractivity (Wildman–Crippen MR) is 47.4 cm³/mol.